The number of carbonyl (C=O) groups is 1. The molecule has 0 aliphatic heterocycles. The second kappa shape index (κ2) is 7.74. The van der Waals surface area contributed by atoms with Crippen LogP contribution in [-0.4, -0.2) is 29.5 Å². The fraction of sp³-hybridized carbons (Fsp3) is 0.742. The lowest BCUT2D eigenvalue weighted by Gasteiger charge is -2.66. The lowest BCUT2D eigenvalue weighted by Crippen LogP contribution is -2.59. The molecule has 6 aliphatic carbocycles. The van der Waals surface area contributed by atoms with Crippen molar-refractivity contribution in [2.45, 2.75) is 90.9 Å². The minimum atomic E-state index is 0.0224. The molecule has 6 bridgehead atoms. The Hall–Kier alpha value is -2.04. The molecule has 6 aliphatic rings. The van der Waals surface area contributed by atoms with Crippen LogP contribution >= 0.6 is 0 Å². The zero-order chi connectivity index (χ0) is 24.9. The number of hydrogen-bond donors (Lipinski definition) is 2. The number of ether oxygens (including phenoxy) is 1. The van der Waals surface area contributed by atoms with Crippen LogP contribution in [0.5, 0.6) is 5.75 Å². The third-order valence-electron chi connectivity index (χ3n) is 11.6. The lowest BCUT2D eigenvalue weighted by atomic mass is 9.39. The van der Waals surface area contributed by atoms with Gasteiger partial charge >= 0.3 is 0 Å². The Morgan fingerprint density at radius 2 is 1.86 bits per heavy atom. The predicted octanol–water partition coefficient (Wildman–Crippen LogP) is 6.84. The van der Waals surface area contributed by atoms with Gasteiger partial charge in [-0.2, -0.15) is 0 Å². The number of aromatic nitrogens is 2. The number of imidazole rings is 1. The smallest absolute Gasteiger partial charge is 0.253 e. The molecule has 194 valence electrons. The van der Waals surface area contributed by atoms with Crippen molar-refractivity contribution in [1.82, 2.24) is 15.3 Å². The highest BCUT2D eigenvalue weighted by molar-refractivity contribution is 6.06. The third kappa shape index (κ3) is 3.40. The molecule has 6 fully saturated rings. The molecule has 2 N–H and O–H groups in total. The number of nitrogens with one attached hydrogen (secondary N) is 2. The van der Waals surface area contributed by atoms with E-state index in [-0.39, 0.29) is 11.3 Å². The summed E-state index contributed by atoms with van der Waals surface area (Å²) < 4.78 is 5.66. The summed E-state index contributed by atoms with van der Waals surface area (Å²) in [7, 11) is 1.70. The van der Waals surface area contributed by atoms with Crippen molar-refractivity contribution in [3.8, 4) is 5.75 Å². The molecule has 5 atom stereocenters. The number of nitrogens with zero attached hydrogens (tertiary/aromatic N) is 1. The maximum Gasteiger partial charge on any atom is 0.253 e. The number of methoxy groups -OCH3 is 1. The summed E-state index contributed by atoms with van der Waals surface area (Å²) >= 11 is 0. The number of H-pyrrole nitrogens is 1. The van der Waals surface area contributed by atoms with Gasteiger partial charge in [0.15, 0.2) is 0 Å². The van der Waals surface area contributed by atoms with E-state index in [0.29, 0.717) is 22.3 Å². The monoisotopic (exact) mass is 489 g/mol. The van der Waals surface area contributed by atoms with Gasteiger partial charge in [-0.15, -0.1) is 0 Å². The molecule has 1 heterocycles. The van der Waals surface area contributed by atoms with Crippen LogP contribution in [0.1, 0.15) is 107 Å². The van der Waals surface area contributed by atoms with Crippen LogP contribution in [0, 0.1) is 39.9 Å². The van der Waals surface area contributed by atoms with E-state index in [2.05, 4.69) is 31.1 Å². The van der Waals surface area contributed by atoms with E-state index in [1.54, 1.807) is 7.11 Å². The van der Waals surface area contributed by atoms with E-state index in [1.807, 2.05) is 12.1 Å². The number of rotatable bonds is 5. The number of aromatic amines is 1. The molecule has 6 saturated carbocycles. The Morgan fingerprint density at radius 1 is 1.08 bits per heavy atom. The molecule has 8 rings (SSSR count). The molecule has 1 aromatic carbocycles. The van der Waals surface area contributed by atoms with Gasteiger partial charge in [0.05, 0.1) is 12.7 Å². The normalized spacial score (nSPS) is 38.7. The van der Waals surface area contributed by atoms with Crippen LogP contribution in [0.15, 0.2) is 12.1 Å². The van der Waals surface area contributed by atoms with Crippen molar-refractivity contribution in [1.29, 1.82) is 0 Å². The summed E-state index contributed by atoms with van der Waals surface area (Å²) in [5.41, 5.74) is 3.37. The van der Waals surface area contributed by atoms with Gasteiger partial charge in [0, 0.05) is 12.5 Å². The number of carbonyl (C=O) groups excluding carboxylic acids is 1. The first-order valence-electron chi connectivity index (χ1n) is 14.5. The molecule has 36 heavy (non-hydrogen) atoms. The summed E-state index contributed by atoms with van der Waals surface area (Å²) in [5, 5.41) is 3.43. The van der Waals surface area contributed by atoms with Gasteiger partial charge in [-0.3, -0.25) is 4.79 Å². The first kappa shape index (κ1) is 23.1. The van der Waals surface area contributed by atoms with Crippen LogP contribution in [0.3, 0.4) is 0 Å². The van der Waals surface area contributed by atoms with E-state index >= 15 is 0 Å². The van der Waals surface area contributed by atoms with E-state index in [0.717, 1.165) is 52.8 Å². The molecule has 5 unspecified atom stereocenters. The number of benzene rings is 1. The van der Waals surface area contributed by atoms with E-state index < -0.39 is 0 Å². The molecule has 0 spiro atoms. The predicted molar refractivity (Wildman–Crippen MR) is 142 cm³/mol. The van der Waals surface area contributed by atoms with Gasteiger partial charge in [0.1, 0.15) is 22.6 Å². The van der Waals surface area contributed by atoms with Crippen LogP contribution in [0.2, 0.25) is 0 Å². The van der Waals surface area contributed by atoms with Gasteiger partial charge in [-0.05, 0) is 110 Å². The Morgan fingerprint density at radius 3 is 2.50 bits per heavy atom. The quantitative estimate of drug-likeness (QED) is 0.483. The second-order valence-corrected chi connectivity index (χ2v) is 14.6. The van der Waals surface area contributed by atoms with Gasteiger partial charge in [-0.25, -0.2) is 4.98 Å². The molecule has 1 amide bonds. The minimum absolute atomic E-state index is 0.0224. The first-order valence-corrected chi connectivity index (χ1v) is 14.5. The third-order valence-corrected chi connectivity index (χ3v) is 11.6. The van der Waals surface area contributed by atoms with Crippen molar-refractivity contribution in [2.24, 2.45) is 39.9 Å². The number of fused-ring (bicyclic) bond motifs is 3. The second-order valence-electron chi connectivity index (χ2n) is 14.6. The SMILES string of the molecule is COc1ccc(C(=O)NCC23CC4CC(C2)CC(C(C)(C)C)(C4)C3)c2nc(C3CC4CCC3C4)[nH]c12. The number of amides is 1. The Balaban J connectivity index is 1.15. The van der Waals surface area contributed by atoms with Gasteiger partial charge in [0.25, 0.3) is 5.91 Å². The van der Waals surface area contributed by atoms with Gasteiger partial charge in [0.2, 0.25) is 0 Å². The highest BCUT2D eigenvalue weighted by Crippen LogP contribution is 2.69. The summed E-state index contributed by atoms with van der Waals surface area (Å²) in [5.74, 6) is 5.63. The lowest BCUT2D eigenvalue weighted by molar-refractivity contribution is -0.154. The molecule has 5 heteroatoms. The van der Waals surface area contributed by atoms with Crippen LogP contribution < -0.4 is 10.1 Å². The van der Waals surface area contributed by atoms with E-state index in [1.165, 1.54) is 64.2 Å². The van der Waals surface area contributed by atoms with Crippen molar-refractivity contribution < 1.29 is 9.53 Å². The molecule has 2 aromatic rings. The average Bonchev–Trinajstić information content (AvgIpc) is 3.56. The van der Waals surface area contributed by atoms with Gasteiger partial charge < -0.3 is 15.0 Å². The van der Waals surface area contributed by atoms with Crippen LogP contribution in [-0.2, 0) is 0 Å². The Kier molecular flexibility index (Phi) is 4.97. The Bertz CT molecular complexity index is 1190. The molecular weight excluding hydrogens is 446 g/mol. The summed E-state index contributed by atoms with van der Waals surface area (Å²) in [4.78, 5) is 22.3. The zero-order valence-corrected chi connectivity index (χ0v) is 22.6. The zero-order valence-electron chi connectivity index (χ0n) is 22.6. The fourth-order valence-electron chi connectivity index (χ4n) is 10.1. The van der Waals surface area contributed by atoms with Crippen LogP contribution in [0.25, 0.3) is 11.0 Å². The van der Waals surface area contributed by atoms with E-state index in [9.17, 15) is 4.79 Å². The largest absolute Gasteiger partial charge is 0.494 e. The molecule has 5 nitrogen and oxygen atoms in total. The number of hydrogen-bond acceptors (Lipinski definition) is 3. The van der Waals surface area contributed by atoms with Crippen molar-refractivity contribution in [3.05, 3.63) is 23.5 Å². The average molecular weight is 490 g/mol. The molecule has 0 saturated heterocycles. The minimum Gasteiger partial charge on any atom is -0.494 e. The van der Waals surface area contributed by atoms with Crippen LogP contribution in [0.4, 0.5) is 0 Å². The molecule has 0 radical (unpaired) electrons. The van der Waals surface area contributed by atoms with E-state index in [4.69, 9.17) is 9.72 Å². The summed E-state index contributed by atoms with van der Waals surface area (Å²) in [6, 6.07) is 3.84. The summed E-state index contributed by atoms with van der Waals surface area (Å²) in [6.07, 6.45) is 13.3. The van der Waals surface area contributed by atoms with Crippen molar-refractivity contribution >= 4 is 16.9 Å². The molecule has 1 aromatic heterocycles. The summed E-state index contributed by atoms with van der Waals surface area (Å²) in [6.45, 7) is 8.15. The molecular formula is C31H43N3O2. The maximum atomic E-state index is 13.7. The highest BCUT2D eigenvalue weighted by Gasteiger charge is 2.60. The van der Waals surface area contributed by atoms with Crippen molar-refractivity contribution in [3.63, 3.8) is 0 Å². The topological polar surface area (TPSA) is 67.0 Å². The maximum absolute atomic E-state index is 13.7. The Labute approximate surface area is 215 Å². The highest BCUT2D eigenvalue weighted by atomic mass is 16.5. The fourth-order valence-corrected chi connectivity index (χ4v) is 10.1. The standard InChI is InChI=1S/C31H43N3O2/c1-29(2,3)31-14-19-9-20(15-31)13-30(12-19,16-31)17-32-28(35)22-7-8-24(36-4)26-25(22)33-27(34-26)23-11-18-5-6-21(23)10-18/h7-8,18-21,23H,5-6,9-17H2,1-4H3,(H,32,35)(H,33,34). The first-order chi connectivity index (χ1) is 17.2. The van der Waals surface area contributed by atoms with Crippen molar-refractivity contribution in [2.75, 3.05) is 13.7 Å². The van der Waals surface area contributed by atoms with Gasteiger partial charge in [-0.1, -0.05) is 27.2 Å².